The van der Waals surface area contributed by atoms with Crippen LogP contribution in [0.2, 0.25) is 0 Å². The zero-order valence-corrected chi connectivity index (χ0v) is 12.6. The maximum atomic E-state index is 12.1. The van der Waals surface area contributed by atoms with Crippen molar-refractivity contribution in [2.75, 3.05) is 5.32 Å². The first-order valence-electron chi connectivity index (χ1n) is 7.36. The van der Waals surface area contributed by atoms with E-state index in [1.54, 1.807) is 0 Å². The van der Waals surface area contributed by atoms with Crippen molar-refractivity contribution in [2.24, 2.45) is 0 Å². The van der Waals surface area contributed by atoms with Crippen LogP contribution in [0.4, 0.5) is 5.69 Å². The highest BCUT2D eigenvalue weighted by Gasteiger charge is 2.12. The largest absolute Gasteiger partial charge is 0.325 e. The first-order chi connectivity index (χ1) is 10.2. The van der Waals surface area contributed by atoms with E-state index >= 15 is 0 Å². The molecule has 0 saturated carbocycles. The number of carbonyl (C=O) groups is 1. The topological polar surface area (TPSA) is 41.1 Å². The van der Waals surface area contributed by atoms with Crippen molar-refractivity contribution in [1.82, 2.24) is 5.32 Å². The first kappa shape index (κ1) is 15.3. The highest BCUT2D eigenvalue weighted by molar-refractivity contribution is 5.94. The molecule has 0 aliphatic heterocycles. The molecule has 1 atom stereocenters. The summed E-state index contributed by atoms with van der Waals surface area (Å²) in [6, 6.07) is 17.6. The van der Waals surface area contributed by atoms with E-state index in [1.165, 1.54) is 11.1 Å². The summed E-state index contributed by atoms with van der Waals surface area (Å²) in [7, 11) is 0. The van der Waals surface area contributed by atoms with Gasteiger partial charge in [0.25, 0.3) is 0 Å². The second-order valence-corrected chi connectivity index (χ2v) is 5.08. The molecule has 0 radical (unpaired) electrons. The Kier molecular flexibility index (Phi) is 5.52. The molecule has 21 heavy (non-hydrogen) atoms. The van der Waals surface area contributed by atoms with Gasteiger partial charge in [-0.15, -0.1) is 0 Å². The predicted octanol–water partition coefficient (Wildman–Crippen LogP) is 3.37. The zero-order valence-electron chi connectivity index (χ0n) is 12.6. The summed E-state index contributed by atoms with van der Waals surface area (Å²) in [5.41, 5.74) is 3.39. The fourth-order valence-corrected chi connectivity index (χ4v) is 2.20. The van der Waals surface area contributed by atoms with Gasteiger partial charge in [-0.25, -0.2) is 0 Å². The Morgan fingerprint density at radius 1 is 1.00 bits per heavy atom. The van der Waals surface area contributed by atoms with E-state index in [1.807, 2.05) is 49.4 Å². The number of hydrogen-bond acceptors (Lipinski definition) is 2. The quantitative estimate of drug-likeness (QED) is 0.853. The average molecular weight is 282 g/mol. The van der Waals surface area contributed by atoms with Crippen LogP contribution < -0.4 is 10.6 Å². The van der Waals surface area contributed by atoms with Crippen molar-refractivity contribution in [2.45, 2.75) is 32.9 Å². The molecule has 0 saturated heterocycles. The average Bonchev–Trinajstić information content (AvgIpc) is 2.53. The third-order valence-corrected chi connectivity index (χ3v) is 3.53. The van der Waals surface area contributed by atoms with E-state index < -0.39 is 0 Å². The van der Waals surface area contributed by atoms with Crippen molar-refractivity contribution in [3.05, 3.63) is 65.7 Å². The molecule has 0 spiro atoms. The molecule has 0 bridgehead atoms. The molecule has 110 valence electrons. The van der Waals surface area contributed by atoms with Crippen LogP contribution in [0.25, 0.3) is 0 Å². The summed E-state index contributed by atoms with van der Waals surface area (Å²) >= 11 is 0. The molecule has 0 heterocycles. The summed E-state index contributed by atoms with van der Waals surface area (Å²) in [5, 5.41) is 6.19. The van der Waals surface area contributed by atoms with Gasteiger partial charge in [0.2, 0.25) is 5.91 Å². The van der Waals surface area contributed by atoms with Crippen LogP contribution in [0, 0.1) is 0 Å². The van der Waals surface area contributed by atoms with Gasteiger partial charge < -0.3 is 10.6 Å². The monoisotopic (exact) mass is 282 g/mol. The second kappa shape index (κ2) is 7.60. The van der Waals surface area contributed by atoms with Crippen LogP contribution in [0.1, 0.15) is 25.0 Å². The van der Waals surface area contributed by atoms with Gasteiger partial charge in [0.1, 0.15) is 0 Å². The molecule has 0 aliphatic carbocycles. The second-order valence-electron chi connectivity index (χ2n) is 5.08. The molecule has 2 aromatic rings. The number of hydrogen-bond donors (Lipinski definition) is 2. The minimum absolute atomic E-state index is 0.0184. The lowest BCUT2D eigenvalue weighted by Gasteiger charge is -2.15. The lowest BCUT2D eigenvalue weighted by molar-refractivity contribution is -0.117. The summed E-state index contributed by atoms with van der Waals surface area (Å²) < 4.78 is 0. The van der Waals surface area contributed by atoms with Gasteiger partial charge in [-0.05, 0) is 36.6 Å². The predicted molar refractivity (Wildman–Crippen MR) is 87.2 cm³/mol. The number of amides is 1. The highest BCUT2D eigenvalue weighted by atomic mass is 16.2. The lowest BCUT2D eigenvalue weighted by Crippen LogP contribution is -2.37. The molecular weight excluding hydrogens is 260 g/mol. The molecule has 2 rings (SSSR count). The van der Waals surface area contributed by atoms with E-state index in [0.717, 1.165) is 12.1 Å². The SMILES string of the molecule is CCc1ccccc1CNC(C)C(=O)Nc1ccccc1. The van der Waals surface area contributed by atoms with Crippen LogP contribution in [0.5, 0.6) is 0 Å². The molecule has 2 N–H and O–H groups in total. The van der Waals surface area contributed by atoms with E-state index in [2.05, 4.69) is 29.7 Å². The number of carbonyl (C=O) groups excluding carboxylic acids is 1. The zero-order chi connectivity index (χ0) is 15.1. The smallest absolute Gasteiger partial charge is 0.241 e. The van der Waals surface area contributed by atoms with Crippen LogP contribution in [-0.4, -0.2) is 11.9 Å². The summed E-state index contributed by atoms with van der Waals surface area (Å²) in [6.45, 7) is 4.73. The van der Waals surface area contributed by atoms with Crippen molar-refractivity contribution in [3.63, 3.8) is 0 Å². The summed E-state index contributed by atoms with van der Waals surface area (Å²) in [4.78, 5) is 12.1. The fourth-order valence-electron chi connectivity index (χ4n) is 2.20. The third kappa shape index (κ3) is 4.43. The number of rotatable bonds is 6. The summed E-state index contributed by atoms with van der Waals surface area (Å²) in [5.74, 6) is -0.0184. The molecule has 1 unspecified atom stereocenters. The Labute approximate surface area is 126 Å². The molecule has 2 aromatic carbocycles. The van der Waals surface area contributed by atoms with Crippen LogP contribution in [-0.2, 0) is 17.8 Å². The number of anilines is 1. The van der Waals surface area contributed by atoms with Crippen molar-refractivity contribution in [1.29, 1.82) is 0 Å². The van der Waals surface area contributed by atoms with Gasteiger partial charge in [-0.2, -0.15) is 0 Å². The van der Waals surface area contributed by atoms with Gasteiger partial charge in [0, 0.05) is 12.2 Å². The van der Waals surface area contributed by atoms with E-state index in [4.69, 9.17) is 0 Å². The van der Waals surface area contributed by atoms with Gasteiger partial charge in [0.05, 0.1) is 6.04 Å². The molecule has 1 amide bonds. The van der Waals surface area contributed by atoms with E-state index in [9.17, 15) is 4.79 Å². The lowest BCUT2D eigenvalue weighted by atomic mass is 10.1. The minimum Gasteiger partial charge on any atom is -0.325 e. The van der Waals surface area contributed by atoms with Crippen molar-refractivity contribution < 1.29 is 4.79 Å². The minimum atomic E-state index is -0.241. The number of aryl methyl sites for hydroxylation is 1. The normalized spacial score (nSPS) is 11.9. The van der Waals surface area contributed by atoms with Crippen LogP contribution in [0.15, 0.2) is 54.6 Å². The van der Waals surface area contributed by atoms with Gasteiger partial charge in [0.15, 0.2) is 0 Å². The van der Waals surface area contributed by atoms with Gasteiger partial charge >= 0.3 is 0 Å². The van der Waals surface area contributed by atoms with Crippen LogP contribution in [0.3, 0.4) is 0 Å². The standard InChI is InChI=1S/C18H22N2O/c1-3-15-9-7-8-10-16(15)13-19-14(2)18(21)20-17-11-5-4-6-12-17/h4-12,14,19H,3,13H2,1-2H3,(H,20,21). The fraction of sp³-hybridized carbons (Fsp3) is 0.278. The molecule has 0 aromatic heterocycles. The summed E-state index contributed by atoms with van der Waals surface area (Å²) in [6.07, 6.45) is 1.00. The Morgan fingerprint density at radius 3 is 2.29 bits per heavy atom. The van der Waals surface area contributed by atoms with E-state index in [0.29, 0.717) is 6.54 Å². The van der Waals surface area contributed by atoms with Crippen LogP contribution >= 0.6 is 0 Å². The number of nitrogens with one attached hydrogen (secondary N) is 2. The van der Waals surface area contributed by atoms with E-state index in [-0.39, 0.29) is 11.9 Å². The van der Waals surface area contributed by atoms with Crippen molar-refractivity contribution >= 4 is 11.6 Å². The third-order valence-electron chi connectivity index (χ3n) is 3.53. The molecule has 0 fully saturated rings. The Bertz CT molecular complexity index is 581. The molecular formula is C18H22N2O. The van der Waals surface area contributed by atoms with Gasteiger partial charge in [-0.1, -0.05) is 49.4 Å². The molecule has 3 nitrogen and oxygen atoms in total. The maximum Gasteiger partial charge on any atom is 0.241 e. The first-order valence-corrected chi connectivity index (χ1v) is 7.36. The highest BCUT2D eigenvalue weighted by Crippen LogP contribution is 2.10. The molecule has 0 aliphatic rings. The van der Waals surface area contributed by atoms with Gasteiger partial charge in [-0.3, -0.25) is 4.79 Å². The Morgan fingerprint density at radius 2 is 1.62 bits per heavy atom. The number of benzene rings is 2. The van der Waals surface area contributed by atoms with Crippen molar-refractivity contribution in [3.8, 4) is 0 Å². The maximum absolute atomic E-state index is 12.1. The number of para-hydroxylation sites is 1. The molecule has 3 heteroatoms. The Hall–Kier alpha value is -2.13. The Balaban J connectivity index is 1.89.